The number of hydrogen-bond donors (Lipinski definition) is 1. The third kappa shape index (κ3) is 5.20. The van der Waals surface area contributed by atoms with Crippen molar-refractivity contribution in [2.75, 3.05) is 5.32 Å². The first-order chi connectivity index (χ1) is 12.3. The van der Waals surface area contributed by atoms with E-state index in [2.05, 4.69) is 15.0 Å². The van der Waals surface area contributed by atoms with Crippen molar-refractivity contribution < 1.29 is 22.7 Å². The molecule has 0 radical (unpaired) electrons. The van der Waals surface area contributed by atoms with Gasteiger partial charge in [0.05, 0.1) is 21.3 Å². The van der Waals surface area contributed by atoms with Crippen LogP contribution in [-0.2, 0) is 11.2 Å². The summed E-state index contributed by atoms with van der Waals surface area (Å²) < 4.78 is 41.2. The van der Waals surface area contributed by atoms with E-state index < -0.39 is 18.0 Å². The van der Waals surface area contributed by atoms with E-state index in [9.17, 15) is 18.0 Å². The summed E-state index contributed by atoms with van der Waals surface area (Å²) in [5.41, 5.74) is 0.770. The molecule has 2 heterocycles. The van der Waals surface area contributed by atoms with Gasteiger partial charge in [0, 0.05) is 17.1 Å². The second-order valence-corrected chi connectivity index (χ2v) is 7.62. The van der Waals surface area contributed by atoms with Crippen LogP contribution in [0.4, 0.5) is 18.9 Å². The normalized spacial score (nSPS) is 11.4. The second-order valence-electron chi connectivity index (χ2n) is 5.05. The maximum absolute atomic E-state index is 12.2. The van der Waals surface area contributed by atoms with E-state index in [-0.39, 0.29) is 12.1 Å². The smallest absolute Gasteiger partial charge is 0.406 e. The lowest BCUT2D eigenvalue weighted by atomic mass is 10.2. The Morgan fingerprint density at radius 1 is 1.27 bits per heavy atom. The average molecular weight is 419 g/mol. The van der Waals surface area contributed by atoms with Gasteiger partial charge in [-0.15, -0.1) is 35.8 Å². The van der Waals surface area contributed by atoms with Crippen LogP contribution < -0.4 is 10.1 Å². The van der Waals surface area contributed by atoms with Gasteiger partial charge < -0.3 is 10.1 Å². The highest BCUT2D eigenvalue weighted by molar-refractivity contribution is 7.23. The van der Waals surface area contributed by atoms with E-state index in [1.165, 1.54) is 34.8 Å². The van der Waals surface area contributed by atoms with Crippen LogP contribution in [0.15, 0.2) is 41.8 Å². The fourth-order valence-corrected chi connectivity index (χ4v) is 4.01. The van der Waals surface area contributed by atoms with Crippen LogP contribution in [0.3, 0.4) is 0 Å². The lowest BCUT2D eigenvalue weighted by Gasteiger charge is -2.10. The number of rotatable bonds is 5. The summed E-state index contributed by atoms with van der Waals surface area (Å²) in [4.78, 5) is 17.4. The summed E-state index contributed by atoms with van der Waals surface area (Å²) >= 11 is 8.67. The van der Waals surface area contributed by atoms with Crippen LogP contribution in [0.5, 0.6) is 5.75 Å². The highest BCUT2D eigenvalue weighted by atomic mass is 35.5. The van der Waals surface area contributed by atoms with Crippen LogP contribution in [0.25, 0.3) is 9.88 Å². The molecule has 0 fully saturated rings. The minimum Gasteiger partial charge on any atom is -0.406 e. The SMILES string of the molecule is O=C(Cc1csc(-c2ccc(Cl)s2)n1)Nc1cccc(OC(F)(F)F)c1. The van der Waals surface area contributed by atoms with E-state index in [1.807, 2.05) is 6.07 Å². The number of benzene rings is 1. The first kappa shape index (κ1) is 18.7. The number of thiazole rings is 1. The molecule has 26 heavy (non-hydrogen) atoms. The van der Waals surface area contributed by atoms with Gasteiger partial charge in [-0.25, -0.2) is 4.98 Å². The van der Waals surface area contributed by atoms with Crippen molar-refractivity contribution in [1.29, 1.82) is 0 Å². The van der Waals surface area contributed by atoms with Crippen LogP contribution >= 0.6 is 34.3 Å². The van der Waals surface area contributed by atoms with E-state index in [4.69, 9.17) is 11.6 Å². The van der Waals surface area contributed by atoms with E-state index in [1.54, 1.807) is 11.4 Å². The number of thiophene rings is 1. The van der Waals surface area contributed by atoms with Gasteiger partial charge >= 0.3 is 6.36 Å². The fraction of sp³-hybridized carbons (Fsp3) is 0.125. The van der Waals surface area contributed by atoms with Gasteiger partial charge in [-0.2, -0.15) is 0 Å². The quantitative estimate of drug-likeness (QED) is 0.586. The Kier molecular flexibility index (Phi) is 5.49. The second kappa shape index (κ2) is 7.65. The van der Waals surface area contributed by atoms with Gasteiger partial charge in [-0.05, 0) is 24.3 Å². The topological polar surface area (TPSA) is 51.2 Å². The molecule has 0 spiro atoms. The number of carbonyl (C=O) groups excluding carboxylic acids is 1. The summed E-state index contributed by atoms with van der Waals surface area (Å²) in [7, 11) is 0. The largest absolute Gasteiger partial charge is 0.573 e. The molecule has 136 valence electrons. The Balaban J connectivity index is 1.63. The maximum atomic E-state index is 12.2. The van der Waals surface area contributed by atoms with Crippen molar-refractivity contribution in [1.82, 2.24) is 4.98 Å². The summed E-state index contributed by atoms with van der Waals surface area (Å²) in [6.45, 7) is 0. The van der Waals surface area contributed by atoms with Crippen LogP contribution in [0.1, 0.15) is 5.69 Å². The Bertz CT molecular complexity index is 924. The molecule has 10 heteroatoms. The molecule has 0 aliphatic rings. The van der Waals surface area contributed by atoms with Gasteiger partial charge in [-0.1, -0.05) is 17.7 Å². The first-order valence-electron chi connectivity index (χ1n) is 7.14. The van der Waals surface area contributed by atoms with Gasteiger partial charge in [0.2, 0.25) is 5.91 Å². The van der Waals surface area contributed by atoms with Crippen LogP contribution in [0, 0.1) is 0 Å². The van der Waals surface area contributed by atoms with Gasteiger partial charge in [0.25, 0.3) is 0 Å². The summed E-state index contributed by atoms with van der Waals surface area (Å²) in [6, 6.07) is 8.71. The Hall–Kier alpha value is -2.10. The first-order valence-corrected chi connectivity index (χ1v) is 9.22. The molecule has 2 aromatic heterocycles. The van der Waals surface area contributed by atoms with Crippen LogP contribution in [0.2, 0.25) is 4.34 Å². The Morgan fingerprint density at radius 3 is 2.77 bits per heavy atom. The lowest BCUT2D eigenvalue weighted by Crippen LogP contribution is -2.18. The number of amides is 1. The van der Waals surface area contributed by atoms with Crippen molar-refractivity contribution in [3.63, 3.8) is 0 Å². The predicted octanol–water partition coefficient (Wildman–Crippen LogP) is 5.60. The zero-order chi connectivity index (χ0) is 18.7. The zero-order valence-corrected chi connectivity index (χ0v) is 15.2. The van der Waals surface area contributed by atoms with Crippen molar-refractivity contribution >= 4 is 45.9 Å². The maximum Gasteiger partial charge on any atom is 0.573 e. The molecule has 1 N–H and O–H groups in total. The van der Waals surface area contributed by atoms with Crippen LogP contribution in [-0.4, -0.2) is 17.3 Å². The van der Waals surface area contributed by atoms with E-state index in [0.29, 0.717) is 10.0 Å². The molecule has 3 rings (SSSR count). The molecule has 0 saturated carbocycles. The van der Waals surface area contributed by atoms with Crippen molar-refractivity contribution in [3.8, 4) is 15.6 Å². The molecule has 0 aliphatic carbocycles. The number of carbonyl (C=O) groups is 1. The zero-order valence-electron chi connectivity index (χ0n) is 12.8. The minimum absolute atomic E-state index is 0.0000367. The minimum atomic E-state index is -4.79. The standard InChI is InChI=1S/C16H10ClF3N2O2S2/c17-13-5-4-12(26-13)15-22-10(8-25-15)7-14(23)21-9-2-1-3-11(6-9)24-16(18,19)20/h1-6,8H,7H2,(H,21,23). The van der Waals surface area contributed by atoms with E-state index >= 15 is 0 Å². The molecular formula is C16H10ClF3N2O2S2. The molecule has 0 aliphatic heterocycles. The van der Waals surface area contributed by atoms with Gasteiger partial charge in [0.1, 0.15) is 10.8 Å². The number of hydrogen-bond acceptors (Lipinski definition) is 5. The third-order valence-electron chi connectivity index (χ3n) is 3.03. The number of nitrogens with one attached hydrogen (secondary N) is 1. The molecule has 1 amide bonds. The fourth-order valence-electron chi connectivity index (χ4n) is 2.07. The van der Waals surface area contributed by atoms with Crippen molar-refractivity contribution in [2.24, 2.45) is 0 Å². The highest BCUT2D eigenvalue weighted by Gasteiger charge is 2.31. The molecule has 0 saturated heterocycles. The third-order valence-corrected chi connectivity index (χ3v) is 5.32. The molecule has 4 nitrogen and oxygen atoms in total. The van der Waals surface area contributed by atoms with E-state index in [0.717, 1.165) is 22.0 Å². The number of aromatic nitrogens is 1. The van der Waals surface area contributed by atoms with Gasteiger partial charge in [0.15, 0.2) is 0 Å². The molecule has 0 atom stereocenters. The predicted molar refractivity (Wildman–Crippen MR) is 95.9 cm³/mol. The monoisotopic (exact) mass is 418 g/mol. The summed E-state index contributed by atoms with van der Waals surface area (Å²) in [6.07, 6.45) is -4.79. The molecular weight excluding hydrogens is 409 g/mol. The number of halogens is 4. The molecule has 0 unspecified atom stereocenters. The number of anilines is 1. The number of alkyl halides is 3. The van der Waals surface area contributed by atoms with Crippen molar-refractivity contribution in [3.05, 3.63) is 51.8 Å². The molecule has 1 aromatic carbocycles. The summed E-state index contributed by atoms with van der Waals surface area (Å²) in [5, 5.41) is 5.04. The Labute approximate surface area is 159 Å². The van der Waals surface area contributed by atoms with Crippen molar-refractivity contribution in [2.45, 2.75) is 12.8 Å². The Morgan fingerprint density at radius 2 is 2.08 bits per heavy atom. The molecule has 3 aromatic rings. The lowest BCUT2D eigenvalue weighted by molar-refractivity contribution is -0.274. The van der Waals surface area contributed by atoms with Gasteiger partial charge in [-0.3, -0.25) is 4.79 Å². The number of nitrogens with zero attached hydrogens (tertiary/aromatic N) is 1. The number of ether oxygens (including phenoxy) is 1. The highest BCUT2D eigenvalue weighted by Crippen LogP contribution is 2.33. The summed E-state index contributed by atoms with van der Waals surface area (Å²) in [5.74, 6) is -0.795. The average Bonchev–Trinajstić information content (AvgIpc) is 3.14. The molecule has 0 bridgehead atoms.